The first-order chi connectivity index (χ1) is 8.47. The van der Waals surface area contributed by atoms with Crippen molar-refractivity contribution in [2.45, 2.75) is 20.3 Å². The number of Topliss-reactive ketones (excluding diaryl/α,β-unsaturated/α-hetero) is 1. The number of ketones is 1. The van der Waals surface area contributed by atoms with Crippen molar-refractivity contribution in [1.82, 2.24) is 0 Å². The standard InChI is InChI=1S/C9H10O2.C4H6O3/c1-2-11-9(10)8-6-4-3-5-7-8;1-3(5)2-4(6)7/h3-7H,2H2,1H3;2H2,1H3,(H,6,7). The molecule has 0 heterocycles. The maximum atomic E-state index is 11.0. The zero-order valence-electron chi connectivity index (χ0n) is 10.4. The highest BCUT2D eigenvalue weighted by molar-refractivity contribution is 5.93. The predicted molar refractivity (Wildman–Crippen MR) is 65.3 cm³/mol. The minimum atomic E-state index is -1.06. The molecule has 0 bridgehead atoms. The molecule has 5 heteroatoms. The zero-order valence-corrected chi connectivity index (χ0v) is 10.4. The van der Waals surface area contributed by atoms with Crippen molar-refractivity contribution in [2.75, 3.05) is 6.61 Å². The Labute approximate surface area is 105 Å². The first-order valence-electron chi connectivity index (χ1n) is 5.40. The van der Waals surface area contributed by atoms with E-state index in [2.05, 4.69) is 0 Å². The molecule has 0 radical (unpaired) electrons. The monoisotopic (exact) mass is 252 g/mol. The van der Waals surface area contributed by atoms with Gasteiger partial charge in [0.15, 0.2) is 0 Å². The van der Waals surface area contributed by atoms with Gasteiger partial charge in [0.05, 0.1) is 12.2 Å². The van der Waals surface area contributed by atoms with Gasteiger partial charge >= 0.3 is 11.9 Å². The van der Waals surface area contributed by atoms with Crippen LogP contribution in [0.2, 0.25) is 0 Å². The van der Waals surface area contributed by atoms with Gasteiger partial charge in [-0.05, 0) is 26.0 Å². The Morgan fingerprint density at radius 1 is 1.17 bits per heavy atom. The van der Waals surface area contributed by atoms with Gasteiger partial charge in [0.1, 0.15) is 12.2 Å². The molecule has 0 saturated carbocycles. The fourth-order valence-corrected chi connectivity index (χ4v) is 1.00. The van der Waals surface area contributed by atoms with Crippen LogP contribution in [0.5, 0.6) is 0 Å². The number of rotatable bonds is 4. The number of carboxylic acid groups (broad SMARTS) is 1. The highest BCUT2D eigenvalue weighted by atomic mass is 16.5. The first kappa shape index (κ1) is 15.8. The van der Waals surface area contributed by atoms with Crippen molar-refractivity contribution in [3.05, 3.63) is 35.9 Å². The predicted octanol–water partition coefficient (Wildman–Crippen LogP) is 1.91. The van der Waals surface area contributed by atoms with E-state index in [0.717, 1.165) is 0 Å². The summed E-state index contributed by atoms with van der Waals surface area (Å²) in [4.78, 5) is 30.5. The van der Waals surface area contributed by atoms with Crippen LogP contribution in [0.3, 0.4) is 0 Å². The second kappa shape index (κ2) is 8.92. The average Bonchev–Trinajstić information content (AvgIpc) is 2.29. The minimum Gasteiger partial charge on any atom is -0.481 e. The molecule has 0 unspecified atom stereocenters. The maximum Gasteiger partial charge on any atom is 0.338 e. The second-order valence-electron chi connectivity index (χ2n) is 3.36. The Balaban J connectivity index is 0.000000360. The molecule has 0 aliphatic rings. The molecule has 0 aromatic heterocycles. The van der Waals surface area contributed by atoms with Gasteiger partial charge < -0.3 is 9.84 Å². The van der Waals surface area contributed by atoms with Crippen molar-refractivity contribution >= 4 is 17.7 Å². The number of carbonyl (C=O) groups is 3. The molecule has 0 spiro atoms. The molecule has 1 N–H and O–H groups in total. The molecule has 98 valence electrons. The SMILES string of the molecule is CC(=O)CC(=O)O.CCOC(=O)c1ccccc1. The normalized spacial score (nSPS) is 8.78. The molecule has 5 nitrogen and oxygen atoms in total. The smallest absolute Gasteiger partial charge is 0.338 e. The highest BCUT2D eigenvalue weighted by Crippen LogP contribution is 1.99. The third-order valence-corrected chi connectivity index (χ3v) is 1.69. The summed E-state index contributed by atoms with van der Waals surface area (Å²) in [6.07, 6.45) is -0.361. The Bertz CT molecular complexity index is 385. The number of hydrogen-bond acceptors (Lipinski definition) is 4. The molecular weight excluding hydrogens is 236 g/mol. The van der Waals surface area contributed by atoms with Gasteiger partial charge in [-0.15, -0.1) is 0 Å². The number of esters is 1. The van der Waals surface area contributed by atoms with Gasteiger partial charge in [-0.2, -0.15) is 0 Å². The number of ether oxygens (including phenoxy) is 1. The van der Waals surface area contributed by atoms with Gasteiger partial charge in [-0.25, -0.2) is 4.79 Å². The fraction of sp³-hybridized carbons (Fsp3) is 0.308. The first-order valence-corrected chi connectivity index (χ1v) is 5.40. The number of carboxylic acids is 1. The third-order valence-electron chi connectivity index (χ3n) is 1.69. The van der Waals surface area contributed by atoms with Crippen molar-refractivity contribution < 1.29 is 24.2 Å². The summed E-state index contributed by atoms with van der Waals surface area (Å²) in [5.74, 6) is -1.63. The summed E-state index contributed by atoms with van der Waals surface area (Å²) >= 11 is 0. The van der Waals surface area contributed by atoms with E-state index in [9.17, 15) is 14.4 Å². The number of benzene rings is 1. The molecule has 1 rings (SSSR count). The van der Waals surface area contributed by atoms with Crippen LogP contribution < -0.4 is 0 Å². The highest BCUT2D eigenvalue weighted by Gasteiger charge is 2.02. The number of hydrogen-bond donors (Lipinski definition) is 1. The lowest BCUT2D eigenvalue weighted by Gasteiger charge is -1.99. The third kappa shape index (κ3) is 8.04. The molecule has 0 amide bonds. The van der Waals surface area contributed by atoms with E-state index >= 15 is 0 Å². The summed E-state index contributed by atoms with van der Waals surface area (Å²) in [5.41, 5.74) is 0.606. The summed E-state index contributed by atoms with van der Waals surface area (Å²) < 4.78 is 4.79. The Morgan fingerprint density at radius 2 is 1.72 bits per heavy atom. The second-order valence-corrected chi connectivity index (χ2v) is 3.36. The molecule has 0 atom stereocenters. The van der Waals surface area contributed by atoms with Gasteiger partial charge in [0, 0.05) is 0 Å². The van der Waals surface area contributed by atoms with E-state index in [1.54, 1.807) is 19.1 Å². The van der Waals surface area contributed by atoms with E-state index in [4.69, 9.17) is 9.84 Å². The van der Waals surface area contributed by atoms with Crippen LogP contribution >= 0.6 is 0 Å². The maximum absolute atomic E-state index is 11.0. The van der Waals surface area contributed by atoms with Crippen molar-refractivity contribution in [3.63, 3.8) is 0 Å². The van der Waals surface area contributed by atoms with Crippen LogP contribution in [-0.2, 0) is 14.3 Å². The summed E-state index contributed by atoms with van der Waals surface area (Å²) in [6, 6.07) is 8.96. The van der Waals surface area contributed by atoms with Gasteiger partial charge in [0.25, 0.3) is 0 Å². The van der Waals surface area contributed by atoms with Crippen molar-refractivity contribution in [1.29, 1.82) is 0 Å². The minimum absolute atomic E-state index is 0.256. The van der Waals surface area contributed by atoms with Crippen LogP contribution in [0.25, 0.3) is 0 Å². The summed E-state index contributed by atoms with van der Waals surface area (Å²) in [5, 5.41) is 7.86. The molecule has 0 aliphatic heterocycles. The van der Waals surface area contributed by atoms with Crippen LogP contribution in [0.1, 0.15) is 30.6 Å². The molecule has 0 fully saturated rings. The van der Waals surface area contributed by atoms with Crippen molar-refractivity contribution in [2.24, 2.45) is 0 Å². The molecular formula is C13H16O5. The molecule has 0 aliphatic carbocycles. The van der Waals surface area contributed by atoms with Crippen LogP contribution in [0.4, 0.5) is 0 Å². The van der Waals surface area contributed by atoms with E-state index in [1.165, 1.54) is 6.92 Å². The fourth-order valence-electron chi connectivity index (χ4n) is 1.00. The quantitative estimate of drug-likeness (QED) is 0.654. The van der Waals surface area contributed by atoms with E-state index in [1.807, 2.05) is 18.2 Å². The Kier molecular flexibility index (Phi) is 7.85. The molecule has 18 heavy (non-hydrogen) atoms. The Hall–Kier alpha value is -2.17. The van der Waals surface area contributed by atoms with Crippen LogP contribution in [0.15, 0.2) is 30.3 Å². The largest absolute Gasteiger partial charge is 0.481 e. The van der Waals surface area contributed by atoms with E-state index < -0.39 is 5.97 Å². The molecule has 1 aromatic carbocycles. The number of aliphatic carboxylic acids is 1. The van der Waals surface area contributed by atoms with Gasteiger partial charge in [-0.3, -0.25) is 9.59 Å². The molecule has 1 aromatic rings. The zero-order chi connectivity index (χ0) is 14.0. The van der Waals surface area contributed by atoms with Crippen LogP contribution in [0, 0.1) is 0 Å². The number of carbonyl (C=O) groups excluding carboxylic acids is 2. The van der Waals surface area contributed by atoms with E-state index in [-0.39, 0.29) is 18.2 Å². The summed E-state index contributed by atoms with van der Waals surface area (Å²) in [6.45, 7) is 3.46. The lowest BCUT2D eigenvalue weighted by atomic mass is 10.2. The molecule has 0 saturated heterocycles. The Morgan fingerprint density at radius 3 is 2.06 bits per heavy atom. The van der Waals surface area contributed by atoms with Crippen LogP contribution in [-0.4, -0.2) is 29.4 Å². The lowest BCUT2D eigenvalue weighted by Crippen LogP contribution is -2.03. The van der Waals surface area contributed by atoms with Gasteiger partial charge in [-0.1, -0.05) is 18.2 Å². The lowest BCUT2D eigenvalue weighted by molar-refractivity contribution is -0.139. The van der Waals surface area contributed by atoms with E-state index in [0.29, 0.717) is 12.2 Å². The topological polar surface area (TPSA) is 80.7 Å². The average molecular weight is 252 g/mol. The van der Waals surface area contributed by atoms with Crippen molar-refractivity contribution in [3.8, 4) is 0 Å². The summed E-state index contributed by atoms with van der Waals surface area (Å²) in [7, 11) is 0. The van der Waals surface area contributed by atoms with Gasteiger partial charge in [0.2, 0.25) is 0 Å².